The lowest BCUT2D eigenvalue weighted by atomic mass is 10.1. The zero-order valence-corrected chi connectivity index (χ0v) is 16.1. The second-order valence-corrected chi connectivity index (χ2v) is 7.06. The molecular formula is C20H18ClN3O5. The van der Waals surface area contributed by atoms with Crippen molar-refractivity contribution in [1.29, 1.82) is 0 Å². The second-order valence-electron chi connectivity index (χ2n) is 6.63. The molecule has 3 heterocycles. The van der Waals surface area contributed by atoms with Crippen LogP contribution < -0.4 is 10.7 Å². The maximum Gasteiger partial charge on any atom is 0.345 e. The molecule has 4 rings (SSSR count). The Labute approximate surface area is 170 Å². The number of anilines is 2. The van der Waals surface area contributed by atoms with Crippen molar-refractivity contribution in [3.05, 3.63) is 63.1 Å². The summed E-state index contributed by atoms with van der Waals surface area (Å²) in [6.45, 7) is 3.40. The molecule has 9 heteroatoms. The summed E-state index contributed by atoms with van der Waals surface area (Å²) in [6, 6.07) is 6.33. The van der Waals surface area contributed by atoms with E-state index in [0.29, 0.717) is 41.4 Å². The van der Waals surface area contributed by atoms with E-state index in [1.807, 2.05) is 0 Å². The summed E-state index contributed by atoms with van der Waals surface area (Å²) in [5.74, 6) is -1.51. The highest BCUT2D eigenvalue weighted by atomic mass is 35.5. The molecule has 0 amide bonds. The summed E-state index contributed by atoms with van der Waals surface area (Å²) in [5.41, 5.74) is 0.998. The third-order valence-corrected chi connectivity index (χ3v) is 4.97. The topological polar surface area (TPSA) is 105 Å². The van der Waals surface area contributed by atoms with E-state index >= 15 is 0 Å². The lowest BCUT2D eigenvalue weighted by Gasteiger charge is -2.27. The number of halogens is 1. The molecule has 0 bridgehead atoms. The Bertz CT molecular complexity index is 1120. The molecule has 0 aliphatic carbocycles. The smallest absolute Gasteiger partial charge is 0.345 e. The van der Waals surface area contributed by atoms with Crippen molar-refractivity contribution in [3.63, 3.8) is 0 Å². The van der Waals surface area contributed by atoms with Crippen LogP contribution in [-0.4, -0.2) is 47.3 Å². The summed E-state index contributed by atoms with van der Waals surface area (Å²) in [7, 11) is 0. The molecule has 3 aromatic rings. The lowest BCUT2D eigenvalue weighted by Crippen LogP contribution is -2.35. The van der Waals surface area contributed by atoms with E-state index < -0.39 is 17.0 Å². The molecule has 1 saturated heterocycles. The summed E-state index contributed by atoms with van der Waals surface area (Å²) in [5, 5.41) is 13.7. The van der Waals surface area contributed by atoms with Gasteiger partial charge in [0.05, 0.1) is 30.7 Å². The van der Waals surface area contributed by atoms with E-state index in [1.54, 1.807) is 24.4 Å². The number of pyridine rings is 1. The quantitative estimate of drug-likeness (QED) is 0.654. The van der Waals surface area contributed by atoms with Gasteiger partial charge in [-0.05, 0) is 18.2 Å². The Morgan fingerprint density at radius 2 is 2.07 bits per heavy atom. The minimum Gasteiger partial charge on any atom is -0.477 e. The van der Waals surface area contributed by atoms with Crippen molar-refractivity contribution in [2.24, 2.45) is 0 Å². The van der Waals surface area contributed by atoms with Crippen LogP contribution in [0.15, 0.2) is 45.9 Å². The van der Waals surface area contributed by atoms with Crippen LogP contribution in [0, 0.1) is 0 Å². The van der Waals surface area contributed by atoms with Crippen molar-refractivity contribution < 1.29 is 19.1 Å². The molecule has 1 aromatic carbocycles. The Balaban J connectivity index is 1.83. The van der Waals surface area contributed by atoms with Gasteiger partial charge in [0.15, 0.2) is 5.56 Å². The first-order valence-corrected chi connectivity index (χ1v) is 9.40. The number of ether oxygens (including phenoxy) is 1. The third-order valence-electron chi connectivity index (χ3n) is 4.74. The molecule has 2 aromatic heterocycles. The molecule has 0 unspecified atom stereocenters. The number of carbonyl (C=O) groups is 1. The normalized spacial score (nSPS) is 14.8. The Hall–Kier alpha value is -2.94. The fraction of sp³-hybridized carbons (Fsp3) is 0.250. The zero-order valence-electron chi connectivity index (χ0n) is 15.4. The minimum absolute atomic E-state index is 0.138. The Morgan fingerprint density at radius 3 is 2.83 bits per heavy atom. The lowest BCUT2D eigenvalue weighted by molar-refractivity contribution is 0.0342. The van der Waals surface area contributed by atoms with Gasteiger partial charge in [0.1, 0.15) is 0 Å². The van der Waals surface area contributed by atoms with E-state index in [-0.39, 0.29) is 5.88 Å². The summed E-state index contributed by atoms with van der Waals surface area (Å²) >= 11 is 6.19. The van der Waals surface area contributed by atoms with Crippen molar-refractivity contribution in [3.8, 4) is 0 Å². The summed E-state index contributed by atoms with van der Waals surface area (Å²) < 4.78 is 10.7. The van der Waals surface area contributed by atoms with Crippen LogP contribution in [0.2, 0.25) is 5.02 Å². The predicted molar refractivity (Wildman–Crippen MR) is 108 cm³/mol. The number of aromatic nitrogens is 1. The van der Waals surface area contributed by atoms with E-state index in [2.05, 4.69) is 15.2 Å². The van der Waals surface area contributed by atoms with Crippen LogP contribution in [0.25, 0.3) is 10.9 Å². The van der Waals surface area contributed by atoms with Gasteiger partial charge in [0.25, 0.3) is 0 Å². The van der Waals surface area contributed by atoms with Crippen LogP contribution in [-0.2, 0) is 11.3 Å². The summed E-state index contributed by atoms with van der Waals surface area (Å²) in [6.07, 6.45) is 2.89. The van der Waals surface area contributed by atoms with E-state index in [0.717, 1.165) is 31.0 Å². The van der Waals surface area contributed by atoms with Gasteiger partial charge in [-0.3, -0.25) is 14.7 Å². The molecule has 1 aliphatic rings. The van der Waals surface area contributed by atoms with Crippen LogP contribution in [0.1, 0.15) is 15.9 Å². The predicted octanol–water partition coefficient (Wildman–Crippen LogP) is 3.12. The molecule has 0 saturated carbocycles. The maximum atomic E-state index is 12.1. The molecule has 1 aliphatic heterocycles. The molecule has 2 N–H and O–H groups in total. The van der Waals surface area contributed by atoms with Gasteiger partial charge in [0, 0.05) is 47.9 Å². The highest BCUT2D eigenvalue weighted by molar-refractivity contribution is 6.31. The van der Waals surface area contributed by atoms with Gasteiger partial charge >= 0.3 is 5.97 Å². The highest BCUT2D eigenvalue weighted by Crippen LogP contribution is 2.32. The summed E-state index contributed by atoms with van der Waals surface area (Å²) in [4.78, 5) is 30.4. The number of morpholine rings is 1. The molecule has 1 fully saturated rings. The molecule has 29 heavy (non-hydrogen) atoms. The number of hydrogen-bond donors (Lipinski definition) is 2. The molecule has 0 atom stereocenters. The molecular weight excluding hydrogens is 398 g/mol. The maximum absolute atomic E-state index is 12.1. The van der Waals surface area contributed by atoms with Crippen molar-refractivity contribution in [2.75, 3.05) is 31.6 Å². The number of aromatic carboxylic acids is 1. The third kappa shape index (κ3) is 4.09. The first-order valence-electron chi connectivity index (χ1n) is 9.02. The Kier molecular flexibility index (Phi) is 5.48. The van der Waals surface area contributed by atoms with Crippen LogP contribution in [0.3, 0.4) is 0 Å². The number of nitrogens with zero attached hydrogens (tertiary/aromatic N) is 2. The fourth-order valence-electron chi connectivity index (χ4n) is 3.30. The van der Waals surface area contributed by atoms with Gasteiger partial charge in [-0.1, -0.05) is 11.6 Å². The average Bonchev–Trinajstić information content (AvgIpc) is 2.70. The first-order chi connectivity index (χ1) is 14.0. The largest absolute Gasteiger partial charge is 0.477 e. The van der Waals surface area contributed by atoms with Crippen molar-refractivity contribution in [1.82, 2.24) is 9.88 Å². The van der Waals surface area contributed by atoms with Gasteiger partial charge in [0.2, 0.25) is 11.3 Å². The van der Waals surface area contributed by atoms with Gasteiger partial charge in [-0.15, -0.1) is 0 Å². The van der Waals surface area contributed by atoms with E-state index in [9.17, 15) is 14.7 Å². The molecule has 0 spiro atoms. The van der Waals surface area contributed by atoms with Crippen molar-refractivity contribution >= 4 is 40.0 Å². The Morgan fingerprint density at radius 1 is 1.28 bits per heavy atom. The van der Waals surface area contributed by atoms with Crippen molar-refractivity contribution in [2.45, 2.75) is 6.54 Å². The molecule has 8 nitrogen and oxygen atoms in total. The fourth-order valence-corrected chi connectivity index (χ4v) is 3.47. The van der Waals surface area contributed by atoms with Gasteiger partial charge < -0.3 is 19.6 Å². The second kappa shape index (κ2) is 8.20. The standard InChI is InChI=1S/C20H18ClN3O5/c21-13-1-2-15-14(9-13)18(12(10-22-15)11-24-4-7-28-8-5-24)23-19-17(20(26)27)16(25)3-6-29-19/h1-3,6,9-10H,4-5,7-8,11H2,(H,22,23)(H,26,27). The van der Waals surface area contributed by atoms with Gasteiger partial charge in [-0.2, -0.15) is 0 Å². The van der Waals surface area contributed by atoms with E-state index in [4.69, 9.17) is 20.8 Å². The van der Waals surface area contributed by atoms with Crippen LogP contribution >= 0.6 is 11.6 Å². The monoisotopic (exact) mass is 415 g/mol. The number of nitrogens with one attached hydrogen (secondary N) is 1. The first kappa shape index (κ1) is 19.4. The number of carboxylic acids is 1. The highest BCUT2D eigenvalue weighted by Gasteiger charge is 2.21. The van der Waals surface area contributed by atoms with Crippen LogP contribution in [0.5, 0.6) is 0 Å². The SMILES string of the molecule is O=C(O)c1c(Nc2c(CN3CCOCC3)cnc3ccc(Cl)cc23)occc1=O. The number of fused-ring (bicyclic) bond motifs is 1. The number of carboxylic acid groups (broad SMARTS) is 1. The van der Waals surface area contributed by atoms with E-state index in [1.165, 1.54) is 0 Å². The number of rotatable bonds is 5. The zero-order chi connectivity index (χ0) is 20.4. The van der Waals surface area contributed by atoms with Crippen LogP contribution in [0.4, 0.5) is 11.6 Å². The molecule has 150 valence electrons. The number of hydrogen-bond acceptors (Lipinski definition) is 7. The minimum atomic E-state index is -1.37. The number of benzene rings is 1. The van der Waals surface area contributed by atoms with Gasteiger partial charge in [-0.25, -0.2) is 4.79 Å². The average molecular weight is 416 g/mol. The molecule has 0 radical (unpaired) electrons.